The van der Waals surface area contributed by atoms with Gasteiger partial charge in [0.25, 0.3) is 0 Å². The number of benzene rings is 1. The van der Waals surface area contributed by atoms with Gasteiger partial charge in [-0.1, -0.05) is 42.5 Å². The Bertz CT molecular complexity index is 812. The predicted molar refractivity (Wildman–Crippen MR) is 130 cm³/mol. The standard InChI is InChI=1S/C24H36ClN3O6/c1-5-15-32-22(30)20(27-13-14-28-23(31)34-24(2,3)4)12-8-11-19(26)21(29)33-16-17-9-6-7-10-18(17)25/h5-7,9-10,19-20,27H,1,8,11-16,26H2,2-4H3,(H,28,31)/t19?,20-/m0/s1. The number of esters is 2. The number of nitrogens with two attached hydrogens (primary N) is 1. The molecular formula is C24H36ClN3O6. The van der Waals surface area contributed by atoms with E-state index in [1.807, 2.05) is 0 Å². The highest BCUT2D eigenvalue weighted by Crippen LogP contribution is 2.16. The number of carbonyl (C=O) groups excluding carboxylic acids is 3. The zero-order chi connectivity index (χ0) is 25.6. The van der Waals surface area contributed by atoms with E-state index in [0.29, 0.717) is 36.4 Å². The molecule has 1 amide bonds. The molecule has 0 fully saturated rings. The molecule has 0 aliphatic rings. The molecule has 0 aliphatic heterocycles. The van der Waals surface area contributed by atoms with Crippen molar-refractivity contribution in [3.8, 4) is 0 Å². The highest BCUT2D eigenvalue weighted by molar-refractivity contribution is 6.31. The molecule has 0 aliphatic carbocycles. The van der Waals surface area contributed by atoms with E-state index in [1.54, 1.807) is 45.0 Å². The number of amides is 1. The van der Waals surface area contributed by atoms with E-state index in [0.717, 1.165) is 0 Å². The second-order valence-electron chi connectivity index (χ2n) is 8.59. The third kappa shape index (κ3) is 12.6. The minimum Gasteiger partial charge on any atom is -0.460 e. The van der Waals surface area contributed by atoms with Gasteiger partial charge in [0.05, 0.1) is 0 Å². The summed E-state index contributed by atoms with van der Waals surface area (Å²) in [5, 5.41) is 6.18. The summed E-state index contributed by atoms with van der Waals surface area (Å²) < 4.78 is 15.5. The molecule has 0 heterocycles. The first-order valence-corrected chi connectivity index (χ1v) is 11.5. The summed E-state index contributed by atoms with van der Waals surface area (Å²) in [5.74, 6) is -0.993. The van der Waals surface area contributed by atoms with Crippen molar-refractivity contribution in [1.82, 2.24) is 10.6 Å². The van der Waals surface area contributed by atoms with Crippen LogP contribution in [0.15, 0.2) is 36.9 Å². The lowest BCUT2D eigenvalue weighted by atomic mass is 10.1. The molecule has 0 spiro atoms. The summed E-state index contributed by atoms with van der Waals surface area (Å²) in [4.78, 5) is 36.3. The number of ether oxygens (including phenoxy) is 3. The van der Waals surface area contributed by atoms with E-state index < -0.39 is 35.7 Å². The van der Waals surface area contributed by atoms with Gasteiger partial charge < -0.3 is 30.6 Å². The Balaban J connectivity index is 2.45. The van der Waals surface area contributed by atoms with E-state index in [1.165, 1.54) is 6.08 Å². The lowest BCUT2D eigenvalue weighted by Gasteiger charge is -2.21. The van der Waals surface area contributed by atoms with Gasteiger partial charge in [-0.3, -0.25) is 9.59 Å². The Morgan fingerprint density at radius 2 is 1.82 bits per heavy atom. The Morgan fingerprint density at radius 1 is 1.12 bits per heavy atom. The van der Waals surface area contributed by atoms with Crippen molar-refractivity contribution < 1.29 is 28.6 Å². The Kier molecular flexibility index (Phi) is 13.2. The van der Waals surface area contributed by atoms with Gasteiger partial charge in [0.15, 0.2) is 0 Å². The van der Waals surface area contributed by atoms with Gasteiger partial charge in [-0.15, -0.1) is 0 Å². The van der Waals surface area contributed by atoms with Crippen molar-refractivity contribution in [1.29, 1.82) is 0 Å². The van der Waals surface area contributed by atoms with Crippen LogP contribution in [0.4, 0.5) is 4.79 Å². The average Bonchev–Trinajstić information content (AvgIpc) is 2.76. The molecular weight excluding hydrogens is 462 g/mol. The van der Waals surface area contributed by atoms with Gasteiger partial charge in [0, 0.05) is 23.7 Å². The maximum absolute atomic E-state index is 12.3. The molecule has 190 valence electrons. The van der Waals surface area contributed by atoms with Crippen LogP contribution in [0, 0.1) is 0 Å². The third-order valence-electron chi connectivity index (χ3n) is 4.45. The Hall–Kier alpha value is -2.62. The molecule has 0 bridgehead atoms. The molecule has 4 N–H and O–H groups in total. The van der Waals surface area contributed by atoms with Gasteiger partial charge in [0.1, 0.15) is 30.9 Å². The Morgan fingerprint density at radius 3 is 2.47 bits per heavy atom. The highest BCUT2D eigenvalue weighted by atomic mass is 35.5. The molecule has 1 aromatic rings. The van der Waals surface area contributed by atoms with Crippen molar-refractivity contribution in [2.75, 3.05) is 19.7 Å². The SMILES string of the molecule is C=CCOC(=O)[C@H](CCCC(N)C(=O)OCc1ccccc1Cl)NCCNC(=O)OC(C)(C)C. The van der Waals surface area contributed by atoms with Gasteiger partial charge in [-0.25, -0.2) is 4.79 Å². The monoisotopic (exact) mass is 497 g/mol. The number of rotatable bonds is 14. The number of halogens is 1. The summed E-state index contributed by atoms with van der Waals surface area (Å²) in [6, 6.07) is 5.61. The van der Waals surface area contributed by atoms with Crippen LogP contribution >= 0.6 is 11.6 Å². The van der Waals surface area contributed by atoms with Crippen molar-refractivity contribution in [3.63, 3.8) is 0 Å². The maximum Gasteiger partial charge on any atom is 0.407 e. The van der Waals surface area contributed by atoms with Crippen molar-refractivity contribution in [3.05, 3.63) is 47.5 Å². The summed E-state index contributed by atoms with van der Waals surface area (Å²) in [5.41, 5.74) is 6.05. The van der Waals surface area contributed by atoms with E-state index in [9.17, 15) is 14.4 Å². The number of hydrogen-bond acceptors (Lipinski definition) is 8. The molecule has 1 rings (SSSR count). The zero-order valence-corrected chi connectivity index (χ0v) is 20.9. The molecule has 34 heavy (non-hydrogen) atoms. The summed E-state index contributed by atoms with van der Waals surface area (Å²) in [7, 11) is 0. The lowest BCUT2D eigenvalue weighted by Crippen LogP contribution is -2.43. The van der Waals surface area contributed by atoms with Crippen molar-refractivity contribution in [2.45, 2.75) is 64.3 Å². The fraction of sp³-hybridized carbons (Fsp3) is 0.542. The van der Waals surface area contributed by atoms with Crippen LogP contribution in [0.1, 0.15) is 45.6 Å². The van der Waals surface area contributed by atoms with Crippen LogP contribution in [-0.2, 0) is 30.4 Å². The number of alkyl carbamates (subject to hydrolysis) is 1. The quantitative estimate of drug-likeness (QED) is 0.155. The van der Waals surface area contributed by atoms with Crippen molar-refractivity contribution >= 4 is 29.6 Å². The van der Waals surface area contributed by atoms with E-state index in [4.69, 9.17) is 31.5 Å². The van der Waals surface area contributed by atoms with Gasteiger partial charge >= 0.3 is 18.0 Å². The van der Waals surface area contributed by atoms with Crippen molar-refractivity contribution in [2.24, 2.45) is 5.73 Å². The second-order valence-corrected chi connectivity index (χ2v) is 9.00. The van der Waals surface area contributed by atoms with E-state index in [-0.39, 0.29) is 19.8 Å². The molecule has 10 heteroatoms. The lowest BCUT2D eigenvalue weighted by molar-refractivity contribution is -0.146. The molecule has 0 aromatic heterocycles. The third-order valence-corrected chi connectivity index (χ3v) is 4.82. The van der Waals surface area contributed by atoms with Crippen LogP contribution in [-0.4, -0.2) is 55.4 Å². The summed E-state index contributed by atoms with van der Waals surface area (Å²) in [6.45, 7) is 9.54. The highest BCUT2D eigenvalue weighted by Gasteiger charge is 2.22. The van der Waals surface area contributed by atoms with Crippen LogP contribution in [0.3, 0.4) is 0 Å². The van der Waals surface area contributed by atoms with Gasteiger partial charge in [-0.05, 0) is 46.1 Å². The van der Waals surface area contributed by atoms with Crippen LogP contribution < -0.4 is 16.4 Å². The molecule has 9 nitrogen and oxygen atoms in total. The minimum absolute atomic E-state index is 0.0366. The normalized spacial score (nSPS) is 12.9. The summed E-state index contributed by atoms with van der Waals surface area (Å²) in [6.07, 6.45) is 2.12. The Labute approximate surface area is 206 Å². The van der Waals surface area contributed by atoms with Crippen LogP contribution in [0.5, 0.6) is 0 Å². The first-order chi connectivity index (χ1) is 16.0. The smallest absolute Gasteiger partial charge is 0.407 e. The predicted octanol–water partition coefficient (Wildman–Crippen LogP) is 3.09. The fourth-order valence-electron chi connectivity index (χ4n) is 2.80. The summed E-state index contributed by atoms with van der Waals surface area (Å²) >= 11 is 6.06. The van der Waals surface area contributed by atoms with E-state index >= 15 is 0 Å². The van der Waals surface area contributed by atoms with Gasteiger partial charge in [0.2, 0.25) is 0 Å². The molecule has 1 aromatic carbocycles. The second kappa shape index (κ2) is 15.3. The van der Waals surface area contributed by atoms with Crippen LogP contribution in [0.25, 0.3) is 0 Å². The molecule has 1 unspecified atom stereocenters. The maximum atomic E-state index is 12.3. The minimum atomic E-state index is -0.832. The number of nitrogens with one attached hydrogen (secondary N) is 2. The molecule has 2 atom stereocenters. The first kappa shape index (κ1) is 29.4. The fourth-order valence-corrected chi connectivity index (χ4v) is 2.99. The molecule has 0 radical (unpaired) electrons. The molecule has 0 saturated heterocycles. The first-order valence-electron chi connectivity index (χ1n) is 11.2. The largest absolute Gasteiger partial charge is 0.460 e. The van der Waals surface area contributed by atoms with Crippen LogP contribution in [0.2, 0.25) is 5.02 Å². The number of carbonyl (C=O) groups is 3. The number of hydrogen-bond donors (Lipinski definition) is 3. The average molecular weight is 498 g/mol. The molecule has 0 saturated carbocycles. The van der Waals surface area contributed by atoms with E-state index in [2.05, 4.69) is 17.2 Å². The zero-order valence-electron chi connectivity index (χ0n) is 20.1. The topological polar surface area (TPSA) is 129 Å². The van der Waals surface area contributed by atoms with Gasteiger partial charge in [-0.2, -0.15) is 0 Å².